The first-order valence-corrected chi connectivity index (χ1v) is 7.28. The quantitative estimate of drug-likeness (QED) is 0.884. The lowest BCUT2D eigenvalue weighted by molar-refractivity contribution is -0.141. The molecular weight excluding hydrogens is 272 g/mol. The zero-order chi connectivity index (χ0) is 14.8. The highest BCUT2D eigenvalue weighted by Crippen LogP contribution is 2.21. The first-order chi connectivity index (χ1) is 10.2. The van der Waals surface area contributed by atoms with E-state index in [-0.39, 0.29) is 11.6 Å². The Morgan fingerprint density at radius 3 is 2.67 bits per heavy atom. The Bertz CT molecular complexity index is 557. The molecule has 0 bridgehead atoms. The molecule has 3 rings (SSSR count). The third-order valence-corrected chi connectivity index (χ3v) is 4.05. The lowest BCUT2D eigenvalue weighted by Gasteiger charge is -2.21. The van der Waals surface area contributed by atoms with Crippen LogP contribution in [0.1, 0.15) is 36.2 Å². The maximum Gasteiger partial charge on any atom is 0.326 e. The number of rotatable bonds is 3. The van der Waals surface area contributed by atoms with Gasteiger partial charge >= 0.3 is 5.97 Å². The number of nitrogens with zero attached hydrogens (tertiary/aromatic N) is 4. The minimum atomic E-state index is -0.949. The number of hydrogen-bond donors (Lipinski definition) is 1. The summed E-state index contributed by atoms with van der Waals surface area (Å²) in [4.78, 5) is 35.7. The van der Waals surface area contributed by atoms with Crippen molar-refractivity contribution in [3.8, 4) is 0 Å². The number of aromatic nitrogens is 2. The second-order valence-corrected chi connectivity index (χ2v) is 5.43. The van der Waals surface area contributed by atoms with Crippen LogP contribution in [0.3, 0.4) is 0 Å². The van der Waals surface area contributed by atoms with Crippen molar-refractivity contribution in [3.05, 3.63) is 18.0 Å². The van der Waals surface area contributed by atoms with Gasteiger partial charge in [-0.3, -0.25) is 4.79 Å². The topological polar surface area (TPSA) is 86.6 Å². The largest absolute Gasteiger partial charge is 0.480 e. The van der Waals surface area contributed by atoms with E-state index >= 15 is 0 Å². The van der Waals surface area contributed by atoms with E-state index in [1.165, 1.54) is 4.90 Å². The molecule has 0 aliphatic carbocycles. The summed E-state index contributed by atoms with van der Waals surface area (Å²) in [6, 6.07) is 0.821. The van der Waals surface area contributed by atoms with Gasteiger partial charge in [0.2, 0.25) is 5.95 Å². The second-order valence-electron chi connectivity index (χ2n) is 5.43. The van der Waals surface area contributed by atoms with Crippen LogP contribution in [0.25, 0.3) is 0 Å². The number of hydrogen-bond acceptors (Lipinski definition) is 5. The molecule has 0 saturated carbocycles. The normalized spacial score (nSPS) is 21.8. The van der Waals surface area contributed by atoms with E-state index in [1.54, 1.807) is 12.3 Å². The van der Waals surface area contributed by atoms with Crippen molar-refractivity contribution in [1.82, 2.24) is 14.9 Å². The summed E-state index contributed by atoms with van der Waals surface area (Å²) in [6.45, 7) is 2.27. The van der Waals surface area contributed by atoms with Crippen LogP contribution in [0.15, 0.2) is 12.3 Å². The molecule has 0 spiro atoms. The molecule has 21 heavy (non-hydrogen) atoms. The molecule has 112 valence electrons. The van der Waals surface area contributed by atoms with Crippen LogP contribution in [0.5, 0.6) is 0 Å². The molecule has 0 unspecified atom stereocenters. The lowest BCUT2D eigenvalue weighted by Crippen LogP contribution is -2.40. The molecule has 2 saturated heterocycles. The Labute approximate surface area is 122 Å². The molecule has 0 radical (unpaired) electrons. The average Bonchev–Trinajstić information content (AvgIpc) is 3.17. The number of likely N-dealkylation sites (tertiary alicyclic amines) is 1. The van der Waals surface area contributed by atoms with E-state index in [0.717, 1.165) is 25.9 Å². The molecule has 7 heteroatoms. The zero-order valence-corrected chi connectivity index (χ0v) is 11.7. The summed E-state index contributed by atoms with van der Waals surface area (Å²) in [5, 5.41) is 9.17. The van der Waals surface area contributed by atoms with Gasteiger partial charge in [-0.1, -0.05) is 0 Å². The van der Waals surface area contributed by atoms with Crippen molar-refractivity contribution in [2.24, 2.45) is 0 Å². The van der Waals surface area contributed by atoms with E-state index in [0.29, 0.717) is 25.3 Å². The zero-order valence-electron chi connectivity index (χ0n) is 11.7. The standard InChI is InChI=1S/C14H18N4O3/c19-12(18-9-3-4-11(18)13(20)21)10-5-6-15-14(16-10)17-7-1-2-8-17/h5-6,11H,1-4,7-9H2,(H,20,21)/t11-/m1/s1. The monoisotopic (exact) mass is 290 g/mol. The predicted octanol–water partition coefficient (Wildman–Crippen LogP) is 0.766. The van der Waals surface area contributed by atoms with Crippen molar-refractivity contribution in [3.63, 3.8) is 0 Å². The molecule has 2 fully saturated rings. The van der Waals surface area contributed by atoms with Crippen LogP contribution in [-0.4, -0.2) is 57.5 Å². The van der Waals surface area contributed by atoms with E-state index in [1.807, 2.05) is 0 Å². The van der Waals surface area contributed by atoms with Crippen LogP contribution in [-0.2, 0) is 4.79 Å². The molecule has 1 N–H and O–H groups in total. The molecule has 2 aliphatic rings. The molecular formula is C14H18N4O3. The average molecular weight is 290 g/mol. The van der Waals surface area contributed by atoms with Gasteiger partial charge in [0, 0.05) is 25.8 Å². The Hall–Kier alpha value is -2.18. The number of aliphatic carboxylic acids is 1. The molecule has 2 aliphatic heterocycles. The van der Waals surface area contributed by atoms with Crippen LogP contribution >= 0.6 is 0 Å². The Morgan fingerprint density at radius 1 is 1.19 bits per heavy atom. The van der Waals surface area contributed by atoms with Gasteiger partial charge in [0.25, 0.3) is 5.91 Å². The summed E-state index contributed by atoms with van der Waals surface area (Å²) in [7, 11) is 0. The van der Waals surface area contributed by atoms with E-state index in [2.05, 4.69) is 14.9 Å². The van der Waals surface area contributed by atoms with Crippen molar-refractivity contribution in [1.29, 1.82) is 0 Å². The van der Waals surface area contributed by atoms with Gasteiger partial charge in [-0.05, 0) is 31.7 Å². The van der Waals surface area contributed by atoms with Crippen LogP contribution in [0.2, 0.25) is 0 Å². The fraction of sp³-hybridized carbons (Fsp3) is 0.571. The van der Waals surface area contributed by atoms with Crippen molar-refractivity contribution in [2.45, 2.75) is 31.7 Å². The maximum atomic E-state index is 12.5. The molecule has 1 atom stereocenters. The van der Waals surface area contributed by atoms with Gasteiger partial charge < -0.3 is 14.9 Å². The molecule has 1 amide bonds. The maximum absolute atomic E-state index is 12.5. The van der Waals surface area contributed by atoms with Crippen molar-refractivity contribution >= 4 is 17.8 Å². The van der Waals surface area contributed by atoms with E-state index in [9.17, 15) is 14.7 Å². The fourth-order valence-electron chi connectivity index (χ4n) is 2.95. The minimum absolute atomic E-state index is 0.278. The van der Waals surface area contributed by atoms with Crippen LogP contribution < -0.4 is 4.90 Å². The summed E-state index contributed by atoms with van der Waals surface area (Å²) < 4.78 is 0. The summed E-state index contributed by atoms with van der Waals surface area (Å²) in [6.07, 6.45) is 5.00. The SMILES string of the molecule is O=C(O)[C@H]1CCCN1C(=O)c1ccnc(N2CCCC2)n1. The highest BCUT2D eigenvalue weighted by atomic mass is 16.4. The van der Waals surface area contributed by atoms with Crippen LogP contribution in [0, 0.1) is 0 Å². The Morgan fingerprint density at radius 2 is 1.95 bits per heavy atom. The summed E-state index contributed by atoms with van der Waals surface area (Å²) >= 11 is 0. The second kappa shape index (κ2) is 5.67. The predicted molar refractivity (Wildman–Crippen MR) is 75.2 cm³/mol. The third-order valence-electron chi connectivity index (χ3n) is 4.05. The first kappa shape index (κ1) is 13.8. The Balaban J connectivity index is 1.81. The fourth-order valence-corrected chi connectivity index (χ4v) is 2.95. The molecule has 1 aromatic heterocycles. The van der Waals surface area contributed by atoms with Gasteiger partial charge in [0.15, 0.2) is 0 Å². The third kappa shape index (κ3) is 2.68. The molecule has 1 aromatic rings. The molecule has 3 heterocycles. The lowest BCUT2D eigenvalue weighted by atomic mass is 10.2. The van der Waals surface area contributed by atoms with E-state index < -0.39 is 12.0 Å². The molecule has 7 nitrogen and oxygen atoms in total. The molecule has 0 aromatic carbocycles. The smallest absolute Gasteiger partial charge is 0.326 e. The number of carbonyl (C=O) groups excluding carboxylic acids is 1. The van der Waals surface area contributed by atoms with Gasteiger partial charge in [-0.15, -0.1) is 0 Å². The number of carboxylic acid groups (broad SMARTS) is 1. The number of carbonyl (C=O) groups is 2. The van der Waals surface area contributed by atoms with Crippen molar-refractivity contribution < 1.29 is 14.7 Å². The van der Waals surface area contributed by atoms with Gasteiger partial charge in [-0.2, -0.15) is 0 Å². The number of carboxylic acids is 1. The highest BCUT2D eigenvalue weighted by Gasteiger charge is 2.35. The van der Waals surface area contributed by atoms with E-state index in [4.69, 9.17) is 0 Å². The number of anilines is 1. The first-order valence-electron chi connectivity index (χ1n) is 7.28. The van der Waals surface area contributed by atoms with Crippen LogP contribution in [0.4, 0.5) is 5.95 Å². The van der Waals surface area contributed by atoms with Gasteiger partial charge in [0.1, 0.15) is 11.7 Å². The van der Waals surface area contributed by atoms with Gasteiger partial charge in [-0.25, -0.2) is 14.8 Å². The van der Waals surface area contributed by atoms with Gasteiger partial charge in [0.05, 0.1) is 0 Å². The minimum Gasteiger partial charge on any atom is -0.480 e. The van der Waals surface area contributed by atoms with Crippen molar-refractivity contribution in [2.75, 3.05) is 24.5 Å². The number of amides is 1. The Kier molecular flexibility index (Phi) is 3.72. The summed E-state index contributed by atoms with van der Waals surface area (Å²) in [5.41, 5.74) is 0.278. The summed E-state index contributed by atoms with van der Waals surface area (Å²) in [5.74, 6) is -0.707. The highest BCUT2D eigenvalue weighted by molar-refractivity contribution is 5.95.